The highest BCUT2D eigenvalue weighted by molar-refractivity contribution is 6.09. The summed E-state index contributed by atoms with van der Waals surface area (Å²) in [6.45, 7) is -1.54. The standard InChI is InChI=1S/C21H21F2N3O4/c1-21(15-8-10-16(11-9-15)30-19(22)23)18(28)26(20(29)24-21)13-17(27)25(2)12-14-6-4-3-5-7-14/h3-11,19H,12-13H2,1-2H3,(H,24,29)/t21-/m0/s1. The number of amides is 4. The fourth-order valence-corrected chi connectivity index (χ4v) is 3.21. The van der Waals surface area contributed by atoms with E-state index in [4.69, 9.17) is 0 Å². The minimum Gasteiger partial charge on any atom is -0.435 e. The molecule has 1 fully saturated rings. The van der Waals surface area contributed by atoms with Gasteiger partial charge in [0.05, 0.1) is 0 Å². The molecule has 1 aliphatic rings. The highest BCUT2D eigenvalue weighted by Gasteiger charge is 2.49. The van der Waals surface area contributed by atoms with Gasteiger partial charge in [-0.15, -0.1) is 0 Å². The summed E-state index contributed by atoms with van der Waals surface area (Å²) in [5, 5.41) is 2.58. The molecule has 1 aliphatic heterocycles. The molecular weight excluding hydrogens is 396 g/mol. The number of imide groups is 1. The van der Waals surface area contributed by atoms with Gasteiger partial charge < -0.3 is 15.0 Å². The third-order valence-corrected chi connectivity index (χ3v) is 4.91. The zero-order valence-corrected chi connectivity index (χ0v) is 16.5. The van der Waals surface area contributed by atoms with Gasteiger partial charge in [-0.05, 0) is 30.2 Å². The van der Waals surface area contributed by atoms with Crippen LogP contribution in [0.15, 0.2) is 54.6 Å². The summed E-state index contributed by atoms with van der Waals surface area (Å²) in [6, 6.07) is 14.0. The molecule has 1 heterocycles. The molecule has 1 N–H and O–H groups in total. The third kappa shape index (κ3) is 4.40. The summed E-state index contributed by atoms with van der Waals surface area (Å²) in [5.74, 6) is -1.06. The van der Waals surface area contributed by atoms with Crippen LogP contribution in [0.3, 0.4) is 0 Å². The maximum Gasteiger partial charge on any atom is 0.387 e. The number of likely N-dealkylation sites (N-methyl/N-ethyl adjacent to an activating group) is 1. The van der Waals surface area contributed by atoms with Crippen molar-refractivity contribution in [1.82, 2.24) is 15.1 Å². The van der Waals surface area contributed by atoms with Crippen LogP contribution in [0.1, 0.15) is 18.1 Å². The molecule has 0 aliphatic carbocycles. The van der Waals surface area contributed by atoms with Crippen molar-refractivity contribution in [2.75, 3.05) is 13.6 Å². The molecule has 0 aromatic heterocycles. The van der Waals surface area contributed by atoms with E-state index in [0.29, 0.717) is 12.1 Å². The van der Waals surface area contributed by atoms with Crippen molar-refractivity contribution in [2.24, 2.45) is 0 Å². The monoisotopic (exact) mass is 417 g/mol. The van der Waals surface area contributed by atoms with Crippen LogP contribution in [0.25, 0.3) is 0 Å². The molecule has 0 unspecified atom stereocenters. The van der Waals surface area contributed by atoms with E-state index >= 15 is 0 Å². The summed E-state index contributed by atoms with van der Waals surface area (Å²) >= 11 is 0. The highest BCUT2D eigenvalue weighted by atomic mass is 19.3. The molecule has 0 spiro atoms. The van der Waals surface area contributed by atoms with Gasteiger partial charge in [0.25, 0.3) is 5.91 Å². The van der Waals surface area contributed by atoms with E-state index in [1.165, 1.54) is 36.1 Å². The van der Waals surface area contributed by atoms with E-state index in [0.717, 1.165) is 10.5 Å². The van der Waals surface area contributed by atoms with Crippen molar-refractivity contribution in [3.63, 3.8) is 0 Å². The Labute approximate surface area is 172 Å². The van der Waals surface area contributed by atoms with Crippen molar-refractivity contribution in [3.05, 3.63) is 65.7 Å². The molecule has 158 valence electrons. The van der Waals surface area contributed by atoms with Crippen LogP contribution >= 0.6 is 0 Å². The fraction of sp³-hybridized carbons (Fsp3) is 0.286. The van der Waals surface area contributed by atoms with E-state index in [9.17, 15) is 23.2 Å². The molecule has 0 saturated carbocycles. The summed E-state index contributed by atoms with van der Waals surface area (Å²) in [6.07, 6.45) is 0. The lowest BCUT2D eigenvalue weighted by molar-refractivity contribution is -0.138. The number of nitrogens with one attached hydrogen (secondary N) is 1. The molecule has 0 bridgehead atoms. The second kappa shape index (κ2) is 8.48. The highest BCUT2D eigenvalue weighted by Crippen LogP contribution is 2.30. The Bertz CT molecular complexity index is 937. The zero-order valence-electron chi connectivity index (χ0n) is 16.5. The van der Waals surface area contributed by atoms with Gasteiger partial charge in [-0.25, -0.2) is 4.79 Å². The summed E-state index contributed by atoms with van der Waals surface area (Å²) in [4.78, 5) is 40.2. The van der Waals surface area contributed by atoms with Crippen LogP contribution in [0, 0.1) is 0 Å². The zero-order chi connectivity index (χ0) is 21.9. The van der Waals surface area contributed by atoms with Crippen molar-refractivity contribution in [1.29, 1.82) is 0 Å². The first-order valence-electron chi connectivity index (χ1n) is 9.18. The lowest BCUT2D eigenvalue weighted by Crippen LogP contribution is -2.43. The van der Waals surface area contributed by atoms with Gasteiger partial charge in [-0.3, -0.25) is 14.5 Å². The number of carbonyl (C=O) groups excluding carboxylic acids is 3. The number of benzene rings is 2. The first kappa shape index (κ1) is 21.2. The molecule has 2 aromatic carbocycles. The number of ether oxygens (including phenoxy) is 1. The van der Waals surface area contributed by atoms with Gasteiger partial charge in [0.1, 0.15) is 17.8 Å². The molecule has 9 heteroatoms. The number of carbonyl (C=O) groups is 3. The summed E-state index contributed by atoms with van der Waals surface area (Å²) in [5.41, 5.74) is -0.116. The first-order valence-corrected chi connectivity index (χ1v) is 9.18. The third-order valence-electron chi connectivity index (χ3n) is 4.91. The Balaban J connectivity index is 1.69. The van der Waals surface area contributed by atoms with Crippen molar-refractivity contribution >= 4 is 17.8 Å². The van der Waals surface area contributed by atoms with Gasteiger partial charge in [0.2, 0.25) is 5.91 Å². The number of alkyl halides is 2. The van der Waals surface area contributed by atoms with Crippen LogP contribution in [0.2, 0.25) is 0 Å². The van der Waals surface area contributed by atoms with Crippen LogP contribution in [0.5, 0.6) is 5.75 Å². The summed E-state index contributed by atoms with van der Waals surface area (Å²) in [7, 11) is 1.59. The molecular formula is C21H21F2N3O4. The smallest absolute Gasteiger partial charge is 0.387 e. The predicted octanol–water partition coefficient (Wildman–Crippen LogP) is 2.71. The molecule has 2 aromatic rings. The second-order valence-corrected chi connectivity index (χ2v) is 7.08. The Morgan fingerprint density at radius 2 is 1.77 bits per heavy atom. The van der Waals surface area contributed by atoms with Crippen LogP contribution in [-0.4, -0.2) is 47.8 Å². The number of hydrogen-bond donors (Lipinski definition) is 1. The number of urea groups is 1. The van der Waals surface area contributed by atoms with Crippen molar-refractivity contribution < 1.29 is 27.9 Å². The van der Waals surface area contributed by atoms with Gasteiger partial charge in [0, 0.05) is 13.6 Å². The SMILES string of the molecule is CN(Cc1ccccc1)C(=O)CN1C(=O)N[C@@](C)(c2ccc(OC(F)F)cc2)C1=O. The lowest BCUT2D eigenvalue weighted by Gasteiger charge is -2.23. The average Bonchev–Trinajstić information content (AvgIpc) is 2.92. The Hall–Kier alpha value is -3.49. The predicted molar refractivity (Wildman–Crippen MR) is 104 cm³/mol. The number of hydrogen-bond acceptors (Lipinski definition) is 4. The molecule has 7 nitrogen and oxygen atoms in total. The van der Waals surface area contributed by atoms with Gasteiger partial charge in [-0.1, -0.05) is 42.5 Å². The molecule has 3 rings (SSSR count). The van der Waals surface area contributed by atoms with E-state index in [-0.39, 0.29) is 5.75 Å². The lowest BCUT2D eigenvalue weighted by atomic mass is 9.92. The van der Waals surface area contributed by atoms with Crippen LogP contribution in [0.4, 0.5) is 13.6 Å². The maximum absolute atomic E-state index is 12.9. The fourth-order valence-electron chi connectivity index (χ4n) is 3.21. The second-order valence-electron chi connectivity index (χ2n) is 7.08. The largest absolute Gasteiger partial charge is 0.435 e. The van der Waals surface area contributed by atoms with Gasteiger partial charge in [-0.2, -0.15) is 8.78 Å². The van der Waals surface area contributed by atoms with E-state index in [2.05, 4.69) is 10.1 Å². The van der Waals surface area contributed by atoms with Gasteiger partial charge >= 0.3 is 12.6 Å². The topological polar surface area (TPSA) is 79.0 Å². The van der Waals surface area contributed by atoms with Crippen LogP contribution < -0.4 is 10.1 Å². The molecule has 4 amide bonds. The Morgan fingerprint density at radius 1 is 1.13 bits per heavy atom. The molecule has 0 radical (unpaired) electrons. The molecule has 1 atom stereocenters. The van der Waals surface area contributed by atoms with E-state index < -0.39 is 36.5 Å². The minimum absolute atomic E-state index is 0.0660. The minimum atomic E-state index is -2.96. The maximum atomic E-state index is 12.9. The van der Waals surface area contributed by atoms with Crippen molar-refractivity contribution in [3.8, 4) is 5.75 Å². The number of rotatable bonds is 7. The first-order chi connectivity index (χ1) is 14.2. The van der Waals surface area contributed by atoms with Crippen molar-refractivity contribution in [2.45, 2.75) is 25.6 Å². The quantitative estimate of drug-likeness (QED) is 0.703. The Morgan fingerprint density at radius 3 is 2.37 bits per heavy atom. The normalized spacial score (nSPS) is 18.5. The molecule has 1 saturated heterocycles. The van der Waals surface area contributed by atoms with E-state index in [1.807, 2.05) is 30.3 Å². The molecule has 30 heavy (non-hydrogen) atoms. The van der Waals surface area contributed by atoms with Crippen LogP contribution in [-0.2, 0) is 21.7 Å². The summed E-state index contributed by atoms with van der Waals surface area (Å²) < 4.78 is 28.9. The number of nitrogens with zero attached hydrogens (tertiary/aromatic N) is 2. The van der Waals surface area contributed by atoms with Gasteiger partial charge in [0.15, 0.2) is 0 Å². The number of halogens is 2. The average molecular weight is 417 g/mol. The van der Waals surface area contributed by atoms with E-state index in [1.54, 1.807) is 7.05 Å². The Kier molecular flexibility index (Phi) is 6.00.